The summed E-state index contributed by atoms with van der Waals surface area (Å²) in [6.45, 7) is 10.2. The van der Waals surface area contributed by atoms with Crippen molar-refractivity contribution in [3.05, 3.63) is 63.6 Å². The van der Waals surface area contributed by atoms with Crippen molar-refractivity contribution >= 4 is 27.7 Å². The third-order valence-electron chi connectivity index (χ3n) is 4.25. The van der Waals surface area contributed by atoms with Crippen molar-refractivity contribution in [2.75, 3.05) is 6.61 Å². The van der Waals surface area contributed by atoms with Gasteiger partial charge in [-0.05, 0) is 40.7 Å². The maximum absolute atomic E-state index is 12.3. The molecule has 0 spiro atoms. The van der Waals surface area contributed by atoms with E-state index < -0.39 is 11.8 Å². The van der Waals surface area contributed by atoms with Crippen LogP contribution in [0.2, 0.25) is 0 Å². The van der Waals surface area contributed by atoms with Crippen molar-refractivity contribution in [1.29, 1.82) is 0 Å². The number of hydrazine groups is 1. The van der Waals surface area contributed by atoms with E-state index in [0.29, 0.717) is 11.3 Å². The van der Waals surface area contributed by atoms with Gasteiger partial charge in [0.05, 0.1) is 0 Å². The van der Waals surface area contributed by atoms with Gasteiger partial charge in [0.2, 0.25) is 0 Å². The lowest BCUT2D eigenvalue weighted by molar-refractivity contribution is -0.123. The average Bonchev–Trinajstić information content (AvgIpc) is 2.63. The van der Waals surface area contributed by atoms with Crippen molar-refractivity contribution in [2.24, 2.45) is 0 Å². The Morgan fingerprint density at radius 3 is 2.36 bits per heavy atom. The van der Waals surface area contributed by atoms with Gasteiger partial charge in [-0.1, -0.05) is 74.8 Å². The van der Waals surface area contributed by atoms with Crippen LogP contribution in [0.25, 0.3) is 0 Å². The third-order valence-corrected chi connectivity index (χ3v) is 4.91. The van der Waals surface area contributed by atoms with Gasteiger partial charge in [0.1, 0.15) is 5.75 Å². The maximum atomic E-state index is 12.3. The SMILES string of the molecule is CC(C)c1ccccc1OCC(=O)NNC(=O)c1ccc(C(C)(C)C)c(Br)c1. The summed E-state index contributed by atoms with van der Waals surface area (Å²) < 4.78 is 6.45. The molecule has 0 saturated carbocycles. The van der Waals surface area contributed by atoms with Crippen LogP contribution >= 0.6 is 15.9 Å². The van der Waals surface area contributed by atoms with Gasteiger partial charge >= 0.3 is 0 Å². The number of carbonyl (C=O) groups excluding carboxylic acids is 2. The van der Waals surface area contributed by atoms with Crippen LogP contribution in [0.1, 0.15) is 62.0 Å². The molecule has 5 nitrogen and oxygen atoms in total. The zero-order chi connectivity index (χ0) is 20.9. The highest BCUT2D eigenvalue weighted by Gasteiger charge is 2.18. The fraction of sp³-hybridized carbons (Fsp3) is 0.364. The summed E-state index contributed by atoms with van der Waals surface area (Å²) in [5, 5.41) is 0. The highest BCUT2D eigenvalue weighted by molar-refractivity contribution is 9.10. The molecular weight excluding hydrogens is 420 g/mol. The summed E-state index contributed by atoms with van der Waals surface area (Å²) in [6.07, 6.45) is 0. The molecular formula is C22H27BrN2O3. The minimum Gasteiger partial charge on any atom is -0.483 e. The van der Waals surface area contributed by atoms with Crippen molar-refractivity contribution in [1.82, 2.24) is 10.9 Å². The molecule has 0 aliphatic rings. The number of carbonyl (C=O) groups is 2. The van der Waals surface area contributed by atoms with Crippen LogP contribution in [0.3, 0.4) is 0 Å². The Bertz CT molecular complexity index is 857. The Kier molecular flexibility index (Phi) is 7.24. The van der Waals surface area contributed by atoms with E-state index in [1.54, 1.807) is 12.1 Å². The molecule has 0 aliphatic heterocycles. The molecule has 0 saturated heterocycles. The van der Waals surface area contributed by atoms with E-state index in [2.05, 4.69) is 61.4 Å². The Morgan fingerprint density at radius 1 is 1.07 bits per heavy atom. The molecule has 2 amide bonds. The molecule has 2 rings (SSSR count). The zero-order valence-electron chi connectivity index (χ0n) is 16.9. The van der Waals surface area contributed by atoms with Gasteiger partial charge in [0.25, 0.3) is 11.8 Å². The molecule has 0 unspecified atom stereocenters. The van der Waals surface area contributed by atoms with E-state index >= 15 is 0 Å². The van der Waals surface area contributed by atoms with E-state index in [-0.39, 0.29) is 17.9 Å². The molecule has 0 heterocycles. The van der Waals surface area contributed by atoms with Gasteiger partial charge in [-0.25, -0.2) is 0 Å². The number of benzene rings is 2. The summed E-state index contributed by atoms with van der Waals surface area (Å²) in [7, 11) is 0. The van der Waals surface area contributed by atoms with E-state index in [1.807, 2.05) is 30.3 Å². The second-order valence-corrected chi connectivity index (χ2v) is 8.78. The molecule has 6 heteroatoms. The number of nitrogens with one attached hydrogen (secondary N) is 2. The Labute approximate surface area is 175 Å². The summed E-state index contributed by atoms with van der Waals surface area (Å²) in [4.78, 5) is 24.3. The smallest absolute Gasteiger partial charge is 0.276 e. The fourth-order valence-corrected chi connectivity index (χ4v) is 3.71. The van der Waals surface area contributed by atoms with E-state index in [0.717, 1.165) is 15.6 Å². The lowest BCUT2D eigenvalue weighted by Crippen LogP contribution is -2.43. The van der Waals surface area contributed by atoms with Gasteiger partial charge in [-0.15, -0.1) is 0 Å². The van der Waals surface area contributed by atoms with E-state index in [4.69, 9.17) is 4.74 Å². The molecule has 0 bridgehead atoms. The average molecular weight is 447 g/mol. The minimum atomic E-state index is -0.433. The van der Waals surface area contributed by atoms with Crippen LogP contribution in [0.5, 0.6) is 5.75 Å². The Morgan fingerprint density at radius 2 is 1.75 bits per heavy atom. The maximum Gasteiger partial charge on any atom is 0.276 e. The first-order valence-corrected chi connectivity index (χ1v) is 10.00. The highest BCUT2D eigenvalue weighted by atomic mass is 79.9. The topological polar surface area (TPSA) is 67.4 Å². The van der Waals surface area contributed by atoms with Crippen molar-refractivity contribution in [2.45, 2.75) is 46.0 Å². The van der Waals surface area contributed by atoms with Crippen LogP contribution in [-0.4, -0.2) is 18.4 Å². The first kappa shape index (κ1) is 22.0. The molecule has 2 N–H and O–H groups in total. The normalized spacial score (nSPS) is 11.2. The molecule has 28 heavy (non-hydrogen) atoms. The van der Waals surface area contributed by atoms with Gasteiger partial charge < -0.3 is 4.74 Å². The fourth-order valence-electron chi connectivity index (χ4n) is 2.73. The third kappa shape index (κ3) is 5.83. The van der Waals surface area contributed by atoms with E-state index in [1.165, 1.54) is 0 Å². The molecule has 0 radical (unpaired) electrons. The number of halogens is 1. The second-order valence-electron chi connectivity index (χ2n) is 7.93. The summed E-state index contributed by atoms with van der Waals surface area (Å²) in [5.74, 6) is 0.128. The van der Waals surface area contributed by atoms with E-state index in [9.17, 15) is 9.59 Å². The summed E-state index contributed by atoms with van der Waals surface area (Å²) >= 11 is 3.51. The molecule has 0 aliphatic carbocycles. The summed E-state index contributed by atoms with van der Waals surface area (Å²) in [5.41, 5.74) is 7.35. The first-order valence-electron chi connectivity index (χ1n) is 9.20. The van der Waals surface area contributed by atoms with Crippen LogP contribution in [-0.2, 0) is 10.2 Å². The van der Waals surface area contributed by atoms with Crippen LogP contribution in [0.15, 0.2) is 46.9 Å². The number of amides is 2. The van der Waals surface area contributed by atoms with Crippen LogP contribution in [0, 0.1) is 0 Å². The zero-order valence-corrected chi connectivity index (χ0v) is 18.5. The predicted molar refractivity (Wildman–Crippen MR) is 114 cm³/mol. The van der Waals surface area contributed by atoms with Gasteiger partial charge in [-0.3, -0.25) is 20.4 Å². The quantitative estimate of drug-likeness (QED) is 0.653. The largest absolute Gasteiger partial charge is 0.483 e. The van der Waals surface area contributed by atoms with Gasteiger partial charge in [-0.2, -0.15) is 0 Å². The van der Waals surface area contributed by atoms with Gasteiger partial charge in [0, 0.05) is 10.0 Å². The number of hydrogen-bond donors (Lipinski definition) is 2. The molecule has 2 aromatic carbocycles. The van der Waals surface area contributed by atoms with Crippen molar-refractivity contribution in [3.63, 3.8) is 0 Å². The highest BCUT2D eigenvalue weighted by Crippen LogP contribution is 2.30. The Balaban J connectivity index is 1.91. The lowest BCUT2D eigenvalue weighted by atomic mass is 9.86. The monoisotopic (exact) mass is 446 g/mol. The number of rotatable bonds is 5. The van der Waals surface area contributed by atoms with Crippen molar-refractivity contribution < 1.29 is 14.3 Å². The standard InChI is InChI=1S/C22H27BrN2O3/c1-14(2)16-8-6-7-9-19(16)28-13-20(26)24-25-21(27)15-10-11-17(18(23)12-15)22(3,4)5/h6-12,14H,13H2,1-5H3,(H,24,26)(H,25,27). The molecule has 150 valence electrons. The number of para-hydroxylation sites is 1. The minimum absolute atomic E-state index is 0.0360. The van der Waals surface area contributed by atoms with Crippen molar-refractivity contribution in [3.8, 4) is 5.75 Å². The number of hydrogen-bond acceptors (Lipinski definition) is 3. The van der Waals surface area contributed by atoms with Crippen LogP contribution in [0.4, 0.5) is 0 Å². The van der Waals surface area contributed by atoms with Gasteiger partial charge in [0.15, 0.2) is 6.61 Å². The molecule has 2 aromatic rings. The first-order chi connectivity index (χ1) is 13.1. The second kappa shape index (κ2) is 9.24. The lowest BCUT2D eigenvalue weighted by Gasteiger charge is -2.21. The predicted octanol–water partition coefficient (Wildman–Crippen LogP) is 4.71. The molecule has 0 fully saturated rings. The Hall–Kier alpha value is -2.34. The van der Waals surface area contributed by atoms with Crippen LogP contribution < -0.4 is 15.6 Å². The summed E-state index contributed by atoms with van der Waals surface area (Å²) in [6, 6.07) is 13.0. The number of ether oxygens (including phenoxy) is 1. The molecule has 0 atom stereocenters. The molecule has 0 aromatic heterocycles.